The average Bonchev–Trinajstić information content (AvgIpc) is 2.37. The van der Waals surface area contributed by atoms with Gasteiger partial charge in [0.2, 0.25) is 0 Å². The Kier molecular flexibility index (Phi) is 3.91. The summed E-state index contributed by atoms with van der Waals surface area (Å²) < 4.78 is 0. The van der Waals surface area contributed by atoms with Gasteiger partial charge < -0.3 is 15.4 Å². The normalized spacial score (nSPS) is 20.5. The molecule has 0 aliphatic carbocycles. The summed E-state index contributed by atoms with van der Waals surface area (Å²) in [4.78, 5) is 11.1. The van der Waals surface area contributed by atoms with E-state index in [2.05, 4.69) is 41.1 Å². The van der Waals surface area contributed by atoms with Gasteiger partial charge in [-0.05, 0) is 12.8 Å². The van der Waals surface area contributed by atoms with Crippen molar-refractivity contribution in [1.29, 1.82) is 0 Å². The fraction of sp³-hybridized carbons (Fsp3) is 0.692. The van der Waals surface area contributed by atoms with E-state index in [1.54, 1.807) is 0 Å². The van der Waals surface area contributed by atoms with Crippen molar-refractivity contribution in [1.82, 2.24) is 9.97 Å². The number of aliphatic hydroxyl groups is 1. The highest BCUT2D eigenvalue weighted by Gasteiger charge is 2.23. The van der Waals surface area contributed by atoms with Gasteiger partial charge in [-0.25, -0.2) is 15.8 Å². The molecule has 0 aromatic carbocycles. The predicted molar refractivity (Wildman–Crippen MR) is 76.0 cm³/mol. The van der Waals surface area contributed by atoms with Crippen LogP contribution in [-0.4, -0.2) is 34.3 Å². The van der Waals surface area contributed by atoms with E-state index in [1.807, 2.05) is 6.07 Å². The first-order chi connectivity index (χ1) is 8.90. The van der Waals surface area contributed by atoms with Gasteiger partial charge in [-0.15, -0.1) is 0 Å². The van der Waals surface area contributed by atoms with E-state index in [9.17, 15) is 5.11 Å². The van der Waals surface area contributed by atoms with Crippen molar-refractivity contribution in [2.24, 2.45) is 5.84 Å². The molecule has 1 aromatic rings. The second-order valence-corrected chi connectivity index (χ2v) is 6.07. The number of rotatable bonds is 2. The van der Waals surface area contributed by atoms with Crippen molar-refractivity contribution in [3.63, 3.8) is 0 Å². The van der Waals surface area contributed by atoms with E-state index in [0.29, 0.717) is 12.4 Å². The molecular formula is C13H23N5O. The number of hydrazine groups is 1. The maximum absolute atomic E-state index is 9.77. The molecule has 0 saturated carbocycles. The summed E-state index contributed by atoms with van der Waals surface area (Å²) >= 11 is 0. The summed E-state index contributed by atoms with van der Waals surface area (Å²) in [5.74, 6) is 7.66. The zero-order chi connectivity index (χ0) is 14.0. The van der Waals surface area contributed by atoms with Crippen molar-refractivity contribution >= 4 is 11.6 Å². The Labute approximate surface area is 114 Å². The van der Waals surface area contributed by atoms with Gasteiger partial charge in [-0.3, -0.25) is 0 Å². The Morgan fingerprint density at radius 2 is 2.16 bits per heavy atom. The molecule has 1 fully saturated rings. The molecule has 6 heteroatoms. The number of nitrogens with two attached hydrogens (primary N) is 1. The molecule has 1 atom stereocenters. The maximum Gasteiger partial charge on any atom is 0.145 e. The van der Waals surface area contributed by atoms with Gasteiger partial charge in [0.25, 0.3) is 0 Å². The number of piperidine rings is 1. The minimum absolute atomic E-state index is 0.143. The van der Waals surface area contributed by atoms with Crippen molar-refractivity contribution < 1.29 is 5.11 Å². The number of nitrogens with zero attached hydrogens (tertiary/aromatic N) is 3. The summed E-state index contributed by atoms with van der Waals surface area (Å²) in [5, 5.41) is 9.77. The first-order valence-electron chi connectivity index (χ1n) is 6.69. The SMILES string of the molecule is CC(C)(C)c1nc(NN)cc(N2CCCC(O)C2)n1. The molecule has 2 heterocycles. The van der Waals surface area contributed by atoms with Crippen LogP contribution in [0.5, 0.6) is 0 Å². The largest absolute Gasteiger partial charge is 0.391 e. The molecule has 4 N–H and O–H groups in total. The van der Waals surface area contributed by atoms with E-state index in [-0.39, 0.29) is 11.5 Å². The third-order valence-electron chi connectivity index (χ3n) is 3.25. The quantitative estimate of drug-likeness (QED) is 0.546. The van der Waals surface area contributed by atoms with Crippen LogP contribution >= 0.6 is 0 Å². The number of nitrogens with one attached hydrogen (secondary N) is 1. The standard InChI is InChI=1S/C13H23N5O/c1-13(2,3)12-15-10(17-14)7-11(16-12)18-6-4-5-9(19)8-18/h7,9,19H,4-6,8,14H2,1-3H3,(H,15,16,17). The van der Waals surface area contributed by atoms with Gasteiger partial charge in [0.15, 0.2) is 0 Å². The highest BCUT2D eigenvalue weighted by Crippen LogP contribution is 2.25. The number of hydrogen-bond donors (Lipinski definition) is 3. The van der Waals surface area contributed by atoms with Crippen LogP contribution in [0.25, 0.3) is 0 Å². The van der Waals surface area contributed by atoms with Crippen LogP contribution in [0, 0.1) is 0 Å². The second kappa shape index (κ2) is 5.30. The topological polar surface area (TPSA) is 87.3 Å². The van der Waals surface area contributed by atoms with Crippen molar-refractivity contribution in [2.45, 2.75) is 45.1 Å². The van der Waals surface area contributed by atoms with Crippen molar-refractivity contribution in [3.8, 4) is 0 Å². The molecule has 0 bridgehead atoms. The first kappa shape index (κ1) is 14.0. The summed E-state index contributed by atoms with van der Waals surface area (Å²) in [5.41, 5.74) is 2.45. The fourth-order valence-electron chi connectivity index (χ4n) is 2.17. The minimum atomic E-state index is -0.281. The van der Waals surface area contributed by atoms with Crippen LogP contribution in [-0.2, 0) is 5.41 Å². The Morgan fingerprint density at radius 3 is 2.74 bits per heavy atom. The van der Waals surface area contributed by atoms with Gasteiger partial charge in [-0.2, -0.15) is 0 Å². The van der Waals surface area contributed by atoms with Crippen LogP contribution in [0.4, 0.5) is 11.6 Å². The number of anilines is 2. The molecule has 2 rings (SSSR count). The Bertz CT molecular complexity index is 443. The summed E-state index contributed by atoms with van der Waals surface area (Å²) in [7, 11) is 0. The number of aliphatic hydroxyl groups excluding tert-OH is 1. The highest BCUT2D eigenvalue weighted by molar-refractivity contribution is 5.49. The molecular weight excluding hydrogens is 242 g/mol. The molecule has 19 heavy (non-hydrogen) atoms. The lowest BCUT2D eigenvalue weighted by Gasteiger charge is -2.32. The lowest BCUT2D eigenvalue weighted by atomic mass is 9.95. The Hall–Kier alpha value is -1.40. The number of aromatic nitrogens is 2. The zero-order valence-electron chi connectivity index (χ0n) is 11.8. The predicted octanol–water partition coefficient (Wildman–Crippen LogP) is 1.02. The van der Waals surface area contributed by atoms with E-state index in [0.717, 1.165) is 31.0 Å². The number of β-amino-alcohol motifs (C(OH)–C–C–N with tert-alkyl or cyclic N) is 1. The molecule has 1 aliphatic rings. The zero-order valence-corrected chi connectivity index (χ0v) is 11.8. The molecule has 1 aliphatic heterocycles. The molecule has 0 spiro atoms. The van der Waals surface area contributed by atoms with E-state index in [1.165, 1.54) is 0 Å². The fourth-order valence-corrected chi connectivity index (χ4v) is 2.17. The Balaban J connectivity index is 2.34. The number of hydrogen-bond acceptors (Lipinski definition) is 6. The molecule has 1 saturated heterocycles. The average molecular weight is 265 g/mol. The molecule has 6 nitrogen and oxygen atoms in total. The lowest BCUT2D eigenvalue weighted by molar-refractivity contribution is 0.154. The second-order valence-electron chi connectivity index (χ2n) is 6.07. The van der Waals surface area contributed by atoms with Gasteiger partial charge in [-0.1, -0.05) is 20.8 Å². The molecule has 106 valence electrons. The van der Waals surface area contributed by atoms with E-state index in [4.69, 9.17) is 5.84 Å². The van der Waals surface area contributed by atoms with Crippen LogP contribution in [0.1, 0.15) is 39.4 Å². The summed E-state index contributed by atoms with van der Waals surface area (Å²) in [6.07, 6.45) is 1.55. The van der Waals surface area contributed by atoms with Crippen LogP contribution in [0.3, 0.4) is 0 Å². The Morgan fingerprint density at radius 1 is 1.42 bits per heavy atom. The molecule has 1 unspecified atom stereocenters. The molecule has 0 radical (unpaired) electrons. The third kappa shape index (κ3) is 3.33. The van der Waals surface area contributed by atoms with Crippen LogP contribution < -0.4 is 16.2 Å². The minimum Gasteiger partial charge on any atom is -0.391 e. The van der Waals surface area contributed by atoms with Crippen molar-refractivity contribution in [2.75, 3.05) is 23.4 Å². The summed E-state index contributed by atoms with van der Waals surface area (Å²) in [6.45, 7) is 7.72. The van der Waals surface area contributed by atoms with Gasteiger partial charge in [0.1, 0.15) is 17.5 Å². The van der Waals surface area contributed by atoms with Gasteiger partial charge in [0.05, 0.1) is 6.10 Å². The van der Waals surface area contributed by atoms with E-state index < -0.39 is 0 Å². The summed E-state index contributed by atoms with van der Waals surface area (Å²) in [6, 6.07) is 1.83. The third-order valence-corrected chi connectivity index (χ3v) is 3.25. The lowest BCUT2D eigenvalue weighted by Crippen LogP contribution is -2.39. The molecule has 1 aromatic heterocycles. The van der Waals surface area contributed by atoms with Crippen molar-refractivity contribution in [3.05, 3.63) is 11.9 Å². The van der Waals surface area contributed by atoms with Crippen LogP contribution in [0.2, 0.25) is 0 Å². The van der Waals surface area contributed by atoms with Gasteiger partial charge in [0, 0.05) is 24.6 Å². The highest BCUT2D eigenvalue weighted by atomic mass is 16.3. The number of nitrogen functional groups attached to an aromatic ring is 1. The van der Waals surface area contributed by atoms with Gasteiger partial charge >= 0.3 is 0 Å². The smallest absolute Gasteiger partial charge is 0.145 e. The maximum atomic E-state index is 9.77. The monoisotopic (exact) mass is 265 g/mol. The first-order valence-corrected chi connectivity index (χ1v) is 6.69. The van der Waals surface area contributed by atoms with E-state index >= 15 is 0 Å². The van der Waals surface area contributed by atoms with Crippen LogP contribution in [0.15, 0.2) is 6.07 Å². The molecule has 0 amide bonds.